The van der Waals surface area contributed by atoms with Gasteiger partial charge in [-0.2, -0.15) is 0 Å². The molecule has 0 bridgehead atoms. The Hall–Kier alpha value is -3.68. The van der Waals surface area contributed by atoms with E-state index >= 15 is 0 Å². The van der Waals surface area contributed by atoms with Gasteiger partial charge >= 0.3 is 23.9 Å². The number of carbonyl (C=O) groups excluding carboxylic acids is 2. The Kier molecular flexibility index (Phi) is 20.0. The maximum atomic E-state index is 10.6. The molecule has 0 aliphatic rings. The van der Waals surface area contributed by atoms with Crippen molar-refractivity contribution in [1.82, 2.24) is 0 Å². The second-order valence-corrected chi connectivity index (χ2v) is 5.74. The lowest BCUT2D eigenvalue weighted by atomic mass is 10.2. The van der Waals surface area contributed by atoms with Crippen LogP contribution in [0.4, 0.5) is 0 Å². The predicted molar refractivity (Wildman–Crippen MR) is 116 cm³/mol. The van der Waals surface area contributed by atoms with Gasteiger partial charge in [-0.3, -0.25) is 0 Å². The first kappa shape index (κ1) is 29.5. The van der Waals surface area contributed by atoms with Crippen LogP contribution < -0.4 is 0 Å². The molecule has 0 saturated carbocycles. The molecule has 0 amide bonds. The normalized spacial score (nSPS) is 9.19. The van der Waals surface area contributed by atoms with Crippen LogP contribution in [0.5, 0.6) is 0 Å². The van der Waals surface area contributed by atoms with E-state index in [9.17, 15) is 19.2 Å². The Labute approximate surface area is 182 Å². The van der Waals surface area contributed by atoms with E-state index in [0.29, 0.717) is 25.4 Å². The Morgan fingerprint density at radius 1 is 0.839 bits per heavy atom. The summed E-state index contributed by atoms with van der Waals surface area (Å²) in [6, 6.07) is 9.51. The predicted octanol–water partition coefficient (Wildman–Crippen LogP) is 3.92. The number of unbranched alkanes of at least 4 members (excludes halogenated alkanes) is 3. The van der Waals surface area contributed by atoms with E-state index in [1.54, 1.807) is 0 Å². The molecule has 0 aliphatic heterocycles. The zero-order chi connectivity index (χ0) is 23.9. The van der Waals surface area contributed by atoms with E-state index in [1.165, 1.54) is 18.9 Å². The summed E-state index contributed by atoms with van der Waals surface area (Å²) < 4.78 is 9.60. The summed E-state index contributed by atoms with van der Waals surface area (Å²) in [7, 11) is 0. The van der Waals surface area contributed by atoms with Gasteiger partial charge in [-0.25, -0.2) is 19.2 Å². The molecule has 1 aromatic carbocycles. The van der Waals surface area contributed by atoms with Crippen LogP contribution in [0.1, 0.15) is 38.2 Å². The molecule has 0 spiro atoms. The molecule has 0 aliphatic carbocycles. The fourth-order valence-electron chi connectivity index (χ4n) is 1.69. The lowest BCUT2D eigenvalue weighted by molar-refractivity contribution is -0.139. The second kappa shape index (κ2) is 21.0. The van der Waals surface area contributed by atoms with Gasteiger partial charge in [-0.05, 0) is 12.0 Å². The van der Waals surface area contributed by atoms with Crippen molar-refractivity contribution in [1.29, 1.82) is 0 Å². The zero-order valence-electron chi connectivity index (χ0n) is 17.7. The van der Waals surface area contributed by atoms with Gasteiger partial charge in [-0.1, -0.05) is 69.7 Å². The molecule has 0 radical (unpaired) electrons. The van der Waals surface area contributed by atoms with Crippen molar-refractivity contribution in [3.63, 3.8) is 0 Å². The van der Waals surface area contributed by atoms with Gasteiger partial charge < -0.3 is 19.7 Å². The minimum Gasteiger partial charge on any atom is -0.478 e. The van der Waals surface area contributed by atoms with Crippen molar-refractivity contribution in [3.8, 4) is 0 Å². The van der Waals surface area contributed by atoms with Crippen LogP contribution in [0.3, 0.4) is 0 Å². The summed E-state index contributed by atoms with van der Waals surface area (Å²) in [5.41, 5.74) is 0.979. The summed E-state index contributed by atoms with van der Waals surface area (Å²) in [6.07, 6.45) is 7.99. The van der Waals surface area contributed by atoms with E-state index in [1.807, 2.05) is 30.3 Å². The number of esters is 2. The standard InChI is InChI=1S/C10H10O2.C9H16O2.C4H4O4/c1-2-10(11)12-8-9-6-4-3-5-7-9;1-3-5-6-7-8-11-9(10)4-2;5-3(6)1-2-4(7)8/h2-7H,1,8H2;4H,2-3,5-8H2,1H3;1-2H,(H,5,6)(H,7,8)/b;;2-1-. The van der Waals surface area contributed by atoms with Gasteiger partial charge in [0.25, 0.3) is 0 Å². The first-order valence-corrected chi connectivity index (χ1v) is 9.53. The monoisotopic (exact) mass is 434 g/mol. The van der Waals surface area contributed by atoms with E-state index in [-0.39, 0.29) is 11.9 Å². The number of carboxylic acids is 2. The van der Waals surface area contributed by atoms with Crippen molar-refractivity contribution in [2.24, 2.45) is 0 Å². The highest BCUT2D eigenvalue weighted by Crippen LogP contribution is 2.00. The van der Waals surface area contributed by atoms with E-state index < -0.39 is 11.9 Å². The highest BCUT2D eigenvalue weighted by molar-refractivity contribution is 5.89. The third-order valence-electron chi connectivity index (χ3n) is 3.17. The highest BCUT2D eigenvalue weighted by Gasteiger charge is 1.95. The van der Waals surface area contributed by atoms with Gasteiger partial charge in [0, 0.05) is 24.3 Å². The molecule has 1 rings (SSSR count). The summed E-state index contributed by atoms with van der Waals surface area (Å²) in [6.45, 7) is 9.59. The van der Waals surface area contributed by atoms with Crippen LogP contribution in [0.2, 0.25) is 0 Å². The molecule has 8 heteroatoms. The molecule has 0 aromatic heterocycles. The highest BCUT2D eigenvalue weighted by atomic mass is 16.5. The van der Waals surface area contributed by atoms with Gasteiger partial charge in [0.15, 0.2) is 0 Å². The molecular weight excluding hydrogens is 404 g/mol. The number of aliphatic carboxylic acids is 2. The van der Waals surface area contributed by atoms with Gasteiger partial charge in [0.05, 0.1) is 6.61 Å². The minimum atomic E-state index is -1.26. The largest absolute Gasteiger partial charge is 0.478 e. The van der Waals surface area contributed by atoms with E-state index in [0.717, 1.165) is 24.5 Å². The van der Waals surface area contributed by atoms with E-state index in [2.05, 4.69) is 20.1 Å². The van der Waals surface area contributed by atoms with Gasteiger partial charge in [0.1, 0.15) is 6.61 Å². The molecule has 1 aromatic rings. The maximum Gasteiger partial charge on any atom is 0.330 e. The van der Waals surface area contributed by atoms with E-state index in [4.69, 9.17) is 19.7 Å². The zero-order valence-corrected chi connectivity index (χ0v) is 17.7. The summed E-state index contributed by atoms with van der Waals surface area (Å²) in [5, 5.41) is 15.6. The molecule has 0 saturated heterocycles. The molecule has 31 heavy (non-hydrogen) atoms. The number of carboxylic acid groups (broad SMARTS) is 2. The Bertz CT molecular complexity index is 692. The quantitative estimate of drug-likeness (QED) is 0.305. The van der Waals surface area contributed by atoms with Crippen molar-refractivity contribution < 1.29 is 38.9 Å². The summed E-state index contributed by atoms with van der Waals surface area (Å²) >= 11 is 0. The van der Waals surface area contributed by atoms with Crippen molar-refractivity contribution in [2.75, 3.05) is 6.61 Å². The summed E-state index contributed by atoms with van der Waals surface area (Å²) in [4.78, 5) is 40.3. The summed E-state index contributed by atoms with van der Waals surface area (Å²) in [5.74, 6) is -3.22. The molecule has 0 heterocycles. The Morgan fingerprint density at radius 2 is 1.35 bits per heavy atom. The van der Waals surface area contributed by atoms with Crippen LogP contribution >= 0.6 is 0 Å². The molecular formula is C23H30O8. The van der Waals surface area contributed by atoms with Crippen molar-refractivity contribution in [3.05, 3.63) is 73.4 Å². The fraction of sp³-hybridized carbons (Fsp3) is 0.304. The fourth-order valence-corrected chi connectivity index (χ4v) is 1.69. The Balaban J connectivity index is 0. The lowest BCUT2D eigenvalue weighted by Gasteiger charge is -2.00. The number of hydrogen-bond donors (Lipinski definition) is 2. The van der Waals surface area contributed by atoms with Crippen LogP contribution in [0.25, 0.3) is 0 Å². The molecule has 2 N–H and O–H groups in total. The third kappa shape index (κ3) is 24.3. The first-order chi connectivity index (χ1) is 14.8. The number of rotatable bonds is 11. The van der Waals surface area contributed by atoms with Crippen LogP contribution in [0.15, 0.2) is 67.8 Å². The van der Waals surface area contributed by atoms with Crippen LogP contribution in [-0.2, 0) is 35.3 Å². The van der Waals surface area contributed by atoms with Crippen LogP contribution in [0, 0.1) is 0 Å². The van der Waals surface area contributed by atoms with Crippen molar-refractivity contribution in [2.45, 2.75) is 39.2 Å². The number of benzene rings is 1. The average Bonchev–Trinajstić information content (AvgIpc) is 2.77. The topological polar surface area (TPSA) is 127 Å². The molecule has 8 nitrogen and oxygen atoms in total. The number of carbonyl (C=O) groups is 4. The molecule has 0 unspecified atom stereocenters. The average molecular weight is 434 g/mol. The van der Waals surface area contributed by atoms with Crippen LogP contribution in [-0.4, -0.2) is 40.7 Å². The van der Waals surface area contributed by atoms with Crippen molar-refractivity contribution >= 4 is 23.9 Å². The lowest BCUT2D eigenvalue weighted by Crippen LogP contribution is -2.01. The van der Waals surface area contributed by atoms with Gasteiger partial charge in [-0.15, -0.1) is 0 Å². The molecule has 0 atom stereocenters. The minimum absolute atomic E-state index is 0.311. The molecule has 170 valence electrons. The second-order valence-electron chi connectivity index (χ2n) is 5.74. The Morgan fingerprint density at radius 3 is 1.81 bits per heavy atom. The number of ether oxygens (including phenoxy) is 2. The number of hydrogen-bond acceptors (Lipinski definition) is 6. The third-order valence-corrected chi connectivity index (χ3v) is 3.17. The SMILES string of the molecule is C=CC(=O)OCCCCCC.C=CC(=O)OCc1ccccc1.O=C(O)/C=C\C(=O)O. The smallest absolute Gasteiger partial charge is 0.330 e. The maximum absolute atomic E-state index is 10.6. The molecule has 0 fully saturated rings. The first-order valence-electron chi connectivity index (χ1n) is 9.53. The van der Waals surface area contributed by atoms with Gasteiger partial charge in [0.2, 0.25) is 0 Å².